The standard InChI is InChI=1S/C15H22O3/c1-10(2)12-6-7-15(18-11(3)4)13(8-12)14(16)9-17-5/h6-8,10-11H,9H2,1-5H3. The molecule has 0 heterocycles. The third-order valence-corrected chi connectivity index (χ3v) is 2.61. The van der Waals surface area contributed by atoms with Crippen molar-refractivity contribution in [2.45, 2.75) is 39.7 Å². The minimum absolute atomic E-state index is 0.0454. The van der Waals surface area contributed by atoms with E-state index in [0.717, 1.165) is 5.56 Å². The van der Waals surface area contributed by atoms with Gasteiger partial charge in [0, 0.05) is 7.11 Å². The first-order valence-electron chi connectivity index (χ1n) is 6.28. The van der Waals surface area contributed by atoms with E-state index in [4.69, 9.17) is 9.47 Å². The maximum absolute atomic E-state index is 12.0. The molecule has 0 saturated carbocycles. The van der Waals surface area contributed by atoms with Crippen molar-refractivity contribution >= 4 is 5.78 Å². The van der Waals surface area contributed by atoms with Crippen LogP contribution in [0, 0.1) is 0 Å². The van der Waals surface area contributed by atoms with Gasteiger partial charge in [0.2, 0.25) is 0 Å². The van der Waals surface area contributed by atoms with E-state index in [0.29, 0.717) is 17.2 Å². The monoisotopic (exact) mass is 250 g/mol. The second-order valence-corrected chi connectivity index (χ2v) is 4.93. The summed E-state index contributed by atoms with van der Waals surface area (Å²) in [6.45, 7) is 8.17. The summed E-state index contributed by atoms with van der Waals surface area (Å²) in [5.41, 5.74) is 1.74. The lowest BCUT2D eigenvalue weighted by molar-refractivity contribution is 0.0842. The van der Waals surface area contributed by atoms with Crippen molar-refractivity contribution in [2.75, 3.05) is 13.7 Å². The average Bonchev–Trinajstić information content (AvgIpc) is 2.28. The van der Waals surface area contributed by atoms with Gasteiger partial charge in [-0.1, -0.05) is 19.9 Å². The summed E-state index contributed by atoms with van der Waals surface area (Å²) in [6.07, 6.45) is 0.0454. The van der Waals surface area contributed by atoms with Crippen LogP contribution in [0.15, 0.2) is 18.2 Å². The van der Waals surface area contributed by atoms with E-state index in [1.807, 2.05) is 32.0 Å². The lowest BCUT2D eigenvalue weighted by atomic mass is 9.98. The van der Waals surface area contributed by atoms with Gasteiger partial charge >= 0.3 is 0 Å². The normalized spacial score (nSPS) is 11.1. The molecular formula is C15H22O3. The Bertz CT molecular complexity index is 408. The van der Waals surface area contributed by atoms with Crippen molar-refractivity contribution in [2.24, 2.45) is 0 Å². The third kappa shape index (κ3) is 3.84. The minimum atomic E-state index is -0.0457. The summed E-state index contributed by atoms with van der Waals surface area (Å²) in [4.78, 5) is 12.0. The summed E-state index contributed by atoms with van der Waals surface area (Å²) >= 11 is 0. The van der Waals surface area contributed by atoms with Crippen LogP contribution in [-0.4, -0.2) is 25.6 Å². The average molecular weight is 250 g/mol. The molecule has 0 aliphatic heterocycles. The van der Waals surface area contributed by atoms with Gasteiger partial charge in [0.1, 0.15) is 12.4 Å². The van der Waals surface area contributed by atoms with Gasteiger partial charge < -0.3 is 9.47 Å². The second kappa shape index (κ2) is 6.55. The van der Waals surface area contributed by atoms with Crippen LogP contribution in [0.1, 0.15) is 49.5 Å². The molecule has 0 bridgehead atoms. The van der Waals surface area contributed by atoms with Crippen LogP contribution in [0.25, 0.3) is 0 Å². The quantitative estimate of drug-likeness (QED) is 0.726. The summed E-state index contributed by atoms with van der Waals surface area (Å²) in [6, 6.07) is 5.79. The molecule has 0 amide bonds. The molecule has 100 valence electrons. The molecule has 0 N–H and O–H groups in total. The molecule has 0 aromatic heterocycles. The maximum atomic E-state index is 12.0. The van der Waals surface area contributed by atoms with Crippen molar-refractivity contribution in [1.82, 2.24) is 0 Å². The van der Waals surface area contributed by atoms with Crippen molar-refractivity contribution in [1.29, 1.82) is 0 Å². The third-order valence-electron chi connectivity index (χ3n) is 2.61. The number of rotatable bonds is 6. The molecule has 1 aromatic rings. The molecule has 1 aromatic carbocycles. The highest BCUT2D eigenvalue weighted by Crippen LogP contribution is 2.25. The van der Waals surface area contributed by atoms with Crippen LogP contribution in [0.4, 0.5) is 0 Å². The second-order valence-electron chi connectivity index (χ2n) is 4.93. The highest BCUT2D eigenvalue weighted by Gasteiger charge is 2.15. The molecule has 0 saturated heterocycles. The Morgan fingerprint density at radius 2 is 1.89 bits per heavy atom. The van der Waals surface area contributed by atoms with Gasteiger partial charge in [0.05, 0.1) is 11.7 Å². The molecule has 18 heavy (non-hydrogen) atoms. The maximum Gasteiger partial charge on any atom is 0.192 e. The largest absolute Gasteiger partial charge is 0.490 e. The topological polar surface area (TPSA) is 35.5 Å². The summed E-state index contributed by atoms with van der Waals surface area (Å²) in [5.74, 6) is 0.972. The Labute approximate surface area is 109 Å². The Balaban J connectivity index is 3.13. The summed E-state index contributed by atoms with van der Waals surface area (Å²) in [5, 5.41) is 0. The summed E-state index contributed by atoms with van der Waals surface area (Å²) < 4.78 is 10.6. The van der Waals surface area contributed by atoms with Gasteiger partial charge in [-0.3, -0.25) is 4.79 Å². The molecule has 3 nitrogen and oxygen atoms in total. The SMILES string of the molecule is COCC(=O)c1cc(C(C)C)ccc1OC(C)C. The van der Waals surface area contributed by atoms with Crippen molar-refractivity contribution in [3.05, 3.63) is 29.3 Å². The molecule has 1 rings (SSSR count). The zero-order valence-corrected chi connectivity index (χ0v) is 11.8. The number of ketones is 1. The van der Waals surface area contributed by atoms with Gasteiger partial charge in [-0.05, 0) is 37.5 Å². The Morgan fingerprint density at radius 3 is 2.39 bits per heavy atom. The van der Waals surface area contributed by atoms with E-state index in [-0.39, 0.29) is 18.5 Å². The van der Waals surface area contributed by atoms with Crippen LogP contribution < -0.4 is 4.74 Å². The smallest absolute Gasteiger partial charge is 0.192 e. The van der Waals surface area contributed by atoms with E-state index < -0.39 is 0 Å². The zero-order valence-electron chi connectivity index (χ0n) is 11.8. The van der Waals surface area contributed by atoms with Gasteiger partial charge in [0.15, 0.2) is 5.78 Å². The highest BCUT2D eigenvalue weighted by molar-refractivity contribution is 5.99. The number of carbonyl (C=O) groups is 1. The Kier molecular flexibility index (Phi) is 5.35. The molecule has 0 aliphatic rings. The Morgan fingerprint density at radius 1 is 1.22 bits per heavy atom. The van der Waals surface area contributed by atoms with Crippen LogP contribution >= 0.6 is 0 Å². The number of Topliss-reactive ketones (excluding diaryl/α,β-unsaturated/α-hetero) is 1. The lowest BCUT2D eigenvalue weighted by Crippen LogP contribution is -2.13. The fourth-order valence-corrected chi connectivity index (χ4v) is 1.69. The van der Waals surface area contributed by atoms with Gasteiger partial charge in [-0.25, -0.2) is 0 Å². The van der Waals surface area contributed by atoms with E-state index >= 15 is 0 Å². The van der Waals surface area contributed by atoms with Crippen LogP contribution in [0.2, 0.25) is 0 Å². The van der Waals surface area contributed by atoms with Crippen molar-refractivity contribution < 1.29 is 14.3 Å². The molecule has 0 unspecified atom stereocenters. The molecule has 3 heteroatoms. The minimum Gasteiger partial charge on any atom is -0.490 e. The number of carbonyl (C=O) groups excluding carboxylic acids is 1. The highest BCUT2D eigenvalue weighted by atomic mass is 16.5. The first-order valence-corrected chi connectivity index (χ1v) is 6.28. The first-order chi connectivity index (χ1) is 8.45. The molecule has 0 atom stereocenters. The number of benzene rings is 1. The van der Waals surface area contributed by atoms with Crippen LogP contribution in [-0.2, 0) is 4.74 Å². The molecule has 0 fully saturated rings. The fourth-order valence-electron chi connectivity index (χ4n) is 1.69. The predicted molar refractivity (Wildman–Crippen MR) is 72.5 cm³/mol. The van der Waals surface area contributed by atoms with E-state index in [9.17, 15) is 4.79 Å². The van der Waals surface area contributed by atoms with Crippen LogP contribution in [0.3, 0.4) is 0 Å². The van der Waals surface area contributed by atoms with Gasteiger partial charge in [-0.15, -0.1) is 0 Å². The summed E-state index contributed by atoms with van der Waals surface area (Å²) in [7, 11) is 1.52. The van der Waals surface area contributed by atoms with Crippen LogP contribution in [0.5, 0.6) is 5.75 Å². The van der Waals surface area contributed by atoms with Crippen molar-refractivity contribution in [3.63, 3.8) is 0 Å². The number of ether oxygens (including phenoxy) is 2. The van der Waals surface area contributed by atoms with Gasteiger partial charge in [0.25, 0.3) is 0 Å². The van der Waals surface area contributed by atoms with E-state index in [1.165, 1.54) is 7.11 Å². The number of hydrogen-bond donors (Lipinski definition) is 0. The predicted octanol–water partition coefficient (Wildman–Crippen LogP) is 3.43. The van der Waals surface area contributed by atoms with Gasteiger partial charge in [-0.2, -0.15) is 0 Å². The first kappa shape index (κ1) is 14.7. The fraction of sp³-hybridized carbons (Fsp3) is 0.533. The molecule has 0 radical (unpaired) electrons. The lowest BCUT2D eigenvalue weighted by Gasteiger charge is -2.16. The zero-order chi connectivity index (χ0) is 13.7. The molecule has 0 spiro atoms. The molecule has 0 aliphatic carbocycles. The van der Waals surface area contributed by atoms with E-state index in [2.05, 4.69) is 13.8 Å². The van der Waals surface area contributed by atoms with Crippen molar-refractivity contribution in [3.8, 4) is 5.75 Å². The number of methoxy groups -OCH3 is 1. The van der Waals surface area contributed by atoms with E-state index in [1.54, 1.807) is 0 Å². The Hall–Kier alpha value is -1.35. The molecular weight excluding hydrogens is 228 g/mol. The number of hydrogen-bond acceptors (Lipinski definition) is 3.